The predicted octanol–water partition coefficient (Wildman–Crippen LogP) is 4.56. The van der Waals surface area contributed by atoms with Gasteiger partial charge in [0, 0.05) is 37.4 Å². The van der Waals surface area contributed by atoms with Crippen molar-refractivity contribution in [2.75, 3.05) is 26.2 Å². The highest BCUT2D eigenvalue weighted by Crippen LogP contribution is 2.26. The first-order valence-electron chi connectivity index (χ1n) is 9.25. The Labute approximate surface area is 158 Å². The molecule has 4 rings (SSSR count). The number of nitrogens with zero attached hydrogens (tertiary/aromatic N) is 2. The zero-order chi connectivity index (χ0) is 17.9. The van der Waals surface area contributed by atoms with Crippen LogP contribution in [0.4, 0.5) is 0 Å². The van der Waals surface area contributed by atoms with E-state index in [1.54, 1.807) is 11.3 Å². The van der Waals surface area contributed by atoms with Crippen molar-refractivity contribution in [2.45, 2.75) is 19.9 Å². The molecule has 0 saturated carbocycles. The first kappa shape index (κ1) is 17.3. The van der Waals surface area contributed by atoms with Gasteiger partial charge in [0.05, 0.1) is 4.88 Å². The average Bonchev–Trinajstić information content (AvgIpc) is 2.96. The summed E-state index contributed by atoms with van der Waals surface area (Å²) in [5.41, 5.74) is 2.73. The second kappa shape index (κ2) is 7.60. The second-order valence-electron chi connectivity index (χ2n) is 7.00. The number of aryl methyl sites for hydroxylation is 1. The Balaban J connectivity index is 1.43. The van der Waals surface area contributed by atoms with E-state index in [0.717, 1.165) is 49.4 Å². The van der Waals surface area contributed by atoms with Gasteiger partial charge in [0.25, 0.3) is 5.91 Å². The van der Waals surface area contributed by atoms with Crippen LogP contribution in [-0.2, 0) is 6.54 Å². The lowest BCUT2D eigenvalue weighted by molar-refractivity contribution is 0.0766. The van der Waals surface area contributed by atoms with Crippen LogP contribution in [0.5, 0.6) is 0 Å². The molecule has 0 spiro atoms. The summed E-state index contributed by atoms with van der Waals surface area (Å²) in [4.78, 5) is 18.3. The van der Waals surface area contributed by atoms with Crippen molar-refractivity contribution in [3.63, 3.8) is 0 Å². The molecule has 0 aliphatic carbocycles. The summed E-state index contributed by atoms with van der Waals surface area (Å²) in [6.07, 6.45) is 1.03. The largest absolute Gasteiger partial charge is 0.337 e. The van der Waals surface area contributed by atoms with E-state index in [4.69, 9.17) is 0 Å². The normalized spacial score (nSPS) is 16.0. The maximum Gasteiger partial charge on any atom is 0.264 e. The molecule has 1 aromatic heterocycles. The van der Waals surface area contributed by atoms with Gasteiger partial charge in [-0.05, 0) is 42.0 Å². The monoisotopic (exact) mass is 364 g/mol. The molecular formula is C22H24N2OS. The summed E-state index contributed by atoms with van der Waals surface area (Å²) in [6.45, 7) is 6.77. The molecule has 1 aliphatic rings. The zero-order valence-electron chi connectivity index (χ0n) is 15.1. The fourth-order valence-electron chi connectivity index (χ4n) is 3.60. The third kappa shape index (κ3) is 3.67. The van der Waals surface area contributed by atoms with Crippen LogP contribution in [0, 0.1) is 6.92 Å². The Morgan fingerprint density at radius 3 is 2.65 bits per heavy atom. The molecule has 1 saturated heterocycles. The highest BCUT2D eigenvalue weighted by atomic mass is 32.1. The lowest BCUT2D eigenvalue weighted by Gasteiger charge is -2.22. The van der Waals surface area contributed by atoms with Gasteiger partial charge in [-0.1, -0.05) is 42.5 Å². The van der Waals surface area contributed by atoms with Crippen LogP contribution in [-0.4, -0.2) is 41.9 Å². The summed E-state index contributed by atoms with van der Waals surface area (Å²) in [5, 5.41) is 1.16. The third-order valence-corrected chi connectivity index (χ3v) is 6.27. The van der Waals surface area contributed by atoms with Crippen LogP contribution in [0.15, 0.2) is 54.6 Å². The van der Waals surface area contributed by atoms with Gasteiger partial charge in [-0.3, -0.25) is 9.69 Å². The van der Waals surface area contributed by atoms with Crippen LogP contribution in [0.1, 0.15) is 27.2 Å². The predicted molar refractivity (Wildman–Crippen MR) is 109 cm³/mol. The van der Waals surface area contributed by atoms with Gasteiger partial charge in [-0.15, -0.1) is 11.3 Å². The van der Waals surface area contributed by atoms with E-state index >= 15 is 0 Å². The topological polar surface area (TPSA) is 23.6 Å². The molecular weight excluding hydrogens is 340 g/mol. The van der Waals surface area contributed by atoms with Crippen LogP contribution in [0.25, 0.3) is 10.1 Å². The third-order valence-electron chi connectivity index (χ3n) is 5.17. The summed E-state index contributed by atoms with van der Waals surface area (Å²) in [7, 11) is 0. The Morgan fingerprint density at radius 2 is 1.81 bits per heavy atom. The fourth-order valence-corrected chi connectivity index (χ4v) is 4.63. The Bertz CT molecular complexity index is 884. The summed E-state index contributed by atoms with van der Waals surface area (Å²) in [5.74, 6) is 0.184. The zero-order valence-corrected chi connectivity index (χ0v) is 16.0. The number of benzene rings is 2. The van der Waals surface area contributed by atoms with Crippen molar-refractivity contribution in [3.8, 4) is 0 Å². The SMILES string of the molecule is Cc1ccccc1CN1CCCN(C(=O)c2cc3ccccc3s2)CC1. The maximum absolute atomic E-state index is 13.0. The number of carbonyl (C=O) groups is 1. The number of thiophene rings is 1. The van der Waals surface area contributed by atoms with E-state index < -0.39 is 0 Å². The van der Waals surface area contributed by atoms with E-state index in [2.05, 4.69) is 48.2 Å². The van der Waals surface area contributed by atoms with Crippen molar-refractivity contribution in [3.05, 3.63) is 70.6 Å². The van der Waals surface area contributed by atoms with E-state index in [0.29, 0.717) is 0 Å². The first-order chi connectivity index (χ1) is 12.7. The molecule has 0 bridgehead atoms. The van der Waals surface area contributed by atoms with Crippen molar-refractivity contribution < 1.29 is 4.79 Å². The van der Waals surface area contributed by atoms with Gasteiger partial charge in [-0.25, -0.2) is 0 Å². The minimum atomic E-state index is 0.184. The van der Waals surface area contributed by atoms with Crippen molar-refractivity contribution >= 4 is 27.3 Å². The fraction of sp³-hybridized carbons (Fsp3) is 0.318. The van der Waals surface area contributed by atoms with Crippen molar-refractivity contribution in [1.82, 2.24) is 9.80 Å². The number of carbonyl (C=O) groups excluding carboxylic acids is 1. The molecule has 2 heterocycles. The lowest BCUT2D eigenvalue weighted by Crippen LogP contribution is -2.34. The van der Waals surface area contributed by atoms with E-state index in [1.807, 2.05) is 23.1 Å². The Hall–Kier alpha value is -2.17. The molecule has 1 amide bonds. The van der Waals surface area contributed by atoms with Crippen LogP contribution >= 0.6 is 11.3 Å². The quantitative estimate of drug-likeness (QED) is 0.680. The molecule has 0 atom stereocenters. The second-order valence-corrected chi connectivity index (χ2v) is 8.08. The molecule has 4 heteroatoms. The highest BCUT2D eigenvalue weighted by Gasteiger charge is 2.22. The molecule has 3 nitrogen and oxygen atoms in total. The molecule has 26 heavy (non-hydrogen) atoms. The standard InChI is InChI=1S/C22H24N2OS/c1-17-7-2-3-9-19(17)16-23-11-6-12-24(14-13-23)22(25)21-15-18-8-4-5-10-20(18)26-21/h2-5,7-10,15H,6,11-14,16H2,1H3. The van der Waals surface area contributed by atoms with Crippen molar-refractivity contribution in [2.24, 2.45) is 0 Å². The number of hydrogen-bond donors (Lipinski definition) is 0. The molecule has 1 fully saturated rings. The highest BCUT2D eigenvalue weighted by molar-refractivity contribution is 7.20. The van der Waals surface area contributed by atoms with Crippen LogP contribution < -0.4 is 0 Å². The first-order valence-corrected chi connectivity index (χ1v) is 10.1. The number of hydrogen-bond acceptors (Lipinski definition) is 3. The Morgan fingerprint density at radius 1 is 1.00 bits per heavy atom. The number of rotatable bonds is 3. The van der Waals surface area contributed by atoms with Gasteiger partial charge in [0.1, 0.15) is 0 Å². The van der Waals surface area contributed by atoms with Crippen LogP contribution in [0.3, 0.4) is 0 Å². The molecule has 3 aromatic rings. The van der Waals surface area contributed by atoms with E-state index in [1.165, 1.54) is 15.8 Å². The van der Waals surface area contributed by atoms with Crippen molar-refractivity contribution in [1.29, 1.82) is 0 Å². The maximum atomic E-state index is 13.0. The minimum absolute atomic E-state index is 0.184. The van der Waals surface area contributed by atoms with Gasteiger partial charge in [0.2, 0.25) is 0 Å². The van der Waals surface area contributed by atoms with Gasteiger partial charge in [-0.2, -0.15) is 0 Å². The smallest absolute Gasteiger partial charge is 0.264 e. The minimum Gasteiger partial charge on any atom is -0.337 e. The summed E-state index contributed by atoms with van der Waals surface area (Å²) in [6, 6.07) is 18.8. The molecule has 0 N–H and O–H groups in total. The van der Waals surface area contributed by atoms with Gasteiger partial charge in [0.15, 0.2) is 0 Å². The summed E-state index contributed by atoms with van der Waals surface area (Å²) >= 11 is 1.61. The van der Waals surface area contributed by atoms with Gasteiger partial charge >= 0.3 is 0 Å². The molecule has 134 valence electrons. The van der Waals surface area contributed by atoms with Crippen LogP contribution in [0.2, 0.25) is 0 Å². The summed E-state index contributed by atoms with van der Waals surface area (Å²) < 4.78 is 1.19. The lowest BCUT2D eigenvalue weighted by atomic mass is 10.1. The molecule has 2 aromatic carbocycles. The van der Waals surface area contributed by atoms with E-state index in [-0.39, 0.29) is 5.91 Å². The molecule has 0 radical (unpaired) electrons. The van der Waals surface area contributed by atoms with E-state index in [9.17, 15) is 4.79 Å². The number of fused-ring (bicyclic) bond motifs is 1. The van der Waals surface area contributed by atoms with Gasteiger partial charge < -0.3 is 4.90 Å². The molecule has 1 aliphatic heterocycles. The average molecular weight is 365 g/mol. The molecule has 0 unspecified atom stereocenters. The number of amides is 1. The Kier molecular flexibility index (Phi) is 5.05.